The van der Waals surface area contributed by atoms with Gasteiger partial charge < -0.3 is 4.74 Å². The molecule has 0 aliphatic carbocycles. The summed E-state index contributed by atoms with van der Waals surface area (Å²) in [6.45, 7) is 4.31. The molecule has 0 aliphatic heterocycles. The van der Waals surface area contributed by atoms with E-state index < -0.39 is 11.3 Å². The molecule has 0 aliphatic rings. The first-order chi connectivity index (χ1) is 6.13. The van der Waals surface area contributed by atoms with Crippen molar-refractivity contribution < 1.29 is 14.3 Å². The Hall–Kier alpha value is -0.710. The van der Waals surface area contributed by atoms with Gasteiger partial charge in [-0.1, -0.05) is 26.0 Å². The van der Waals surface area contributed by atoms with E-state index in [0.29, 0.717) is 6.54 Å². The topological polar surface area (TPSA) is 46.6 Å². The Labute approximate surface area is 83.6 Å². The van der Waals surface area contributed by atoms with Crippen LogP contribution in [0.25, 0.3) is 0 Å². The standard InChI is InChI=1S/C8H15NO3S/c1-3-5-6-9(8(11)13)7(10)12-4-2/h3-6H2,1-2H3,(H,11,13). The average Bonchev–Trinajstić information content (AvgIpc) is 2.05. The Balaban J connectivity index is 4.07. The summed E-state index contributed by atoms with van der Waals surface area (Å²) in [4.78, 5) is 23.0. The van der Waals surface area contributed by atoms with Crippen LogP contribution in [-0.2, 0) is 4.74 Å². The summed E-state index contributed by atoms with van der Waals surface area (Å²) >= 11 is 3.58. The van der Waals surface area contributed by atoms with Gasteiger partial charge in [-0.15, -0.1) is 0 Å². The molecule has 5 heteroatoms. The van der Waals surface area contributed by atoms with Gasteiger partial charge in [0.05, 0.1) is 6.61 Å². The maximum Gasteiger partial charge on any atom is 0.417 e. The van der Waals surface area contributed by atoms with E-state index in [1.54, 1.807) is 6.92 Å². The summed E-state index contributed by atoms with van der Waals surface area (Å²) in [5.74, 6) is 0. The van der Waals surface area contributed by atoms with Crippen LogP contribution in [0.15, 0.2) is 0 Å². The largest absolute Gasteiger partial charge is 0.449 e. The van der Waals surface area contributed by atoms with E-state index in [9.17, 15) is 9.59 Å². The van der Waals surface area contributed by atoms with Crippen LogP contribution in [0.4, 0.5) is 9.59 Å². The van der Waals surface area contributed by atoms with Gasteiger partial charge in [-0.2, -0.15) is 0 Å². The Bertz CT molecular complexity index is 184. The normalized spacial score (nSPS) is 9.46. The van der Waals surface area contributed by atoms with Crippen molar-refractivity contribution in [3.63, 3.8) is 0 Å². The van der Waals surface area contributed by atoms with E-state index in [0.717, 1.165) is 17.7 Å². The van der Waals surface area contributed by atoms with Crippen LogP contribution < -0.4 is 0 Å². The van der Waals surface area contributed by atoms with Gasteiger partial charge in [0.25, 0.3) is 5.24 Å². The second-order valence-electron chi connectivity index (χ2n) is 2.49. The Morgan fingerprint density at radius 1 is 1.38 bits per heavy atom. The van der Waals surface area contributed by atoms with Crippen LogP contribution in [0.5, 0.6) is 0 Å². The summed E-state index contributed by atoms with van der Waals surface area (Å²) in [6.07, 6.45) is 1.07. The van der Waals surface area contributed by atoms with Gasteiger partial charge in [-0.25, -0.2) is 9.69 Å². The second kappa shape index (κ2) is 6.77. The van der Waals surface area contributed by atoms with Gasteiger partial charge >= 0.3 is 6.09 Å². The minimum atomic E-state index is -0.615. The summed E-state index contributed by atoms with van der Waals surface area (Å²) in [5.41, 5.74) is 0. The molecule has 0 saturated heterocycles. The molecule has 13 heavy (non-hydrogen) atoms. The molecule has 0 rings (SSSR count). The maximum atomic E-state index is 11.1. The molecule has 76 valence electrons. The van der Waals surface area contributed by atoms with Crippen molar-refractivity contribution in [2.24, 2.45) is 0 Å². The van der Waals surface area contributed by atoms with Crippen LogP contribution in [0.2, 0.25) is 0 Å². The summed E-state index contributed by atoms with van der Waals surface area (Å²) in [7, 11) is 0. The van der Waals surface area contributed by atoms with Gasteiger partial charge in [-0.3, -0.25) is 4.79 Å². The predicted octanol–water partition coefficient (Wildman–Crippen LogP) is 2.29. The highest BCUT2D eigenvalue weighted by molar-refractivity contribution is 7.96. The number of ether oxygens (including phenoxy) is 1. The third kappa shape index (κ3) is 4.77. The van der Waals surface area contributed by atoms with E-state index in [-0.39, 0.29) is 6.61 Å². The average molecular weight is 205 g/mol. The van der Waals surface area contributed by atoms with Crippen LogP contribution in [-0.4, -0.2) is 29.4 Å². The number of nitrogens with zero attached hydrogens (tertiary/aromatic N) is 1. The first-order valence-electron chi connectivity index (χ1n) is 4.30. The molecule has 0 unspecified atom stereocenters. The lowest BCUT2D eigenvalue weighted by Gasteiger charge is -2.16. The number of hydrogen-bond donors (Lipinski definition) is 1. The van der Waals surface area contributed by atoms with Crippen molar-refractivity contribution in [3.05, 3.63) is 0 Å². The van der Waals surface area contributed by atoms with Gasteiger partial charge in [0.15, 0.2) is 0 Å². The molecule has 0 spiro atoms. The summed E-state index contributed by atoms with van der Waals surface area (Å²) in [6, 6.07) is 0. The highest BCUT2D eigenvalue weighted by Gasteiger charge is 2.18. The molecule has 0 radical (unpaired) electrons. The Kier molecular flexibility index (Phi) is 6.40. The lowest BCUT2D eigenvalue weighted by Crippen LogP contribution is -2.34. The molecular weight excluding hydrogens is 190 g/mol. The quantitative estimate of drug-likeness (QED) is 0.716. The minimum Gasteiger partial charge on any atom is -0.449 e. The molecule has 0 fully saturated rings. The fourth-order valence-corrected chi connectivity index (χ4v) is 0.964. The van der Waals surface area contributed by atoms with Gasteiger partial charge in [0.2, 0.25) is 0 Å². The number of rotatable bonds is 4. The molecule has 0 bridgehead atoms. The van der Waals surface area contributed by atoms with Gasteiger partial charge in [0.1, 0.15) is 0 Å². The zero-order valence-corrected chi connectivity index (χ0v) is 8.84. The number of imide groups is 1. The first kappa shape index (κ1) is 12.3. The van der Waals surface area contributed by atoms with Crippen LogP contribution in [0, 0.1) is 0 Å². The highest BCUT2D eigenvalue weighted by atomic mass is 32.1. The Morgan fingerprint density at radius 2 is 2.00 bits per heavy atom. The number of carbonyl (C=O) groups is 2. The van der Waals surface area contributed by atoms with Crippen LogP contribution >= 0.6 is 12.6 Å². The fourth-order valence-electron chi connectivity index (χ4n) is 0.783. The minimum absolute atomic E-state index is 0.266. The molecule has 2 amide bonds. The van der Waals surface area contributed by atoms with Crippen molar-refractivity contribution in [2.75, 3.05) is 13.2 Å². The molecular formula is C8H15NO3S. The molecule has 0 aromatic carbocycles. The SMILES string of the molecule is CCCCN(C(=O)S)C(=O)OCC. The molecule has 0 saturated carbocycles. The zero-order chi connectivity index (χ0) is 10.3. The number of amides is 2. The number of unbranched alkanes of at least 4 members (excludes halogenated alkanes) is 1. The molecule has 0 aromatic rings. The second-order valence-corrected chi connectivity index (χ2v) is 2.87. The molecule has 4 nitrogen and oxygen atoms in total. The first-order valence-corrected chi connectivity index (χ1v) is 4.75. The predicted molar refractivity (Wildman–Crippen MR) is 53.0 cm³/mol. The summed E-state index contributed by atoms with van der Waals surface area (Å²) in [5, 5.41) is -0.563. The van der Waals surface area contributed by atoms with E-state index in [2.05, 4.69) is 17.4 Å². The van der Waals surface area contributed by atoms with Crippen molar-refractivity contribution in [1.29, 1.82) is 0 Å². The van der Waals surface area contributed by atoms with Crippen molar-refractivity contribution in [2.45, 2.75) is 26.7 Å². The number of thiol groups is 1. The van der Waals surface area contributed by atoms with Crippen molar-refractivity contribution in [3.8, 4) is 0 Å². The van der Waals surface area contributed by atoms with Crippen LogP contribution in [0.1, 0.15) is 26.7 Å². The zero-order valence-electron chi connectivity index (χ0n) is 7.95. The number of hydrogen-bond acceptors (Lipinski definition) is 3. The lowest BCUT2D eigenvalue weighted by molar-refractivity contribution is 0.119. The molecule has 0 atom stereocenters. The van der Waals surface area contributed by atoms with Crippen molar-refractivity contribution in [1.82, 2.24) is 4.90 Å². The van der Waals surface area contributed by atoms with Gasteiger partial charge in [0, 0.05) is 6.54 Å². The highest BCUT2D eigenvalue weighted by Crippen LogP contribution is 2.02. The smallest absolute Gasteiger partial charge is 0.417 e. The van der Waals surface area contributed by atoms with E-state index in [4.69, 9.17) is 0 Å². The summed E-state index contributed by atoms with van der Waals surface area (Å²) < 4.78 is 4.68. The molecule has 0 N–H and O–H groups in total. The Morgan fingerprint density at radius 3 is 2.38 bits per heavy atom. The van der Waals surface area contributed by atoms with Crippen LogP contribution in [0.3, 0.4) is 0 Å². The van der Waals surface area contributed by atoms with E-state index in [1.807, 2.05) is 6.92 Å². The third-order valence-electron chi connectivity index (χ3n) is 1.45. The van der Waals surface area contributed by atoms with E-state index in [1.165, 1.54) is 0 Å². The molecule has 0 heterocycles. The van der Waals surface area contributed by atoms with E-state index >= 15 is 0 Å². The maximum absolute atomic E-state index is 11.1. The lowest BCUT2D eigenvalue weighted by atomic mass is 10.3. The van der Waals surface area contributed by atoms with Crippen molar-refractivity contribution >= 4 is 24.0 Å². The fraction of sp³-hybridized carbons (Fsp3) is 0.750. The van der Waals surface area contributed by atoms with Gasteiger partial charge in [-0.05, 0) is 13.3 Å². The third-order valence-corrected chi connectivity index (χ3v) is 1.70. The monoisotopic (exact) mass is 205 g/mol. The molecule has 0 aromatic heterocycles. The number of carbonyl (C=O) groups excluding carboxylic acids is 2.